The Labute approximate surface area is 161 Å². The van der Waals surface area contributed by atoms with E-state index in [1.54, 1.807) is 0 Å². The number of rotatable bonds is 10. The molecular weight excluding hydrogens is 320 g/mol. The van der Waals surface area contributed by atoms with E-state index < -0.39 is 0 Å². The molecule has 0 radical (unpaired) electrons. The van der Waals surface area contributed by atoms with Crippen molar-refractivity contribution in [1.29, 1.82) is 0 Å². The zero-order chi connectivity index (χ0) is 19.0. The van der Waals surface area contributed by atoms with Gasteiger partial charge in [-0.15, -0.1) is 0 Å². The molecule has 2 aliphatic rings. The first-order valence-electron chi connectivity index (χ1n) is 11.4. The first-order chi connectivity index (χ1) is 12.6. The van der Waals surface area contributed by atoms with Gasteiger partial charge in [0.25, 0.3) is 0 Å². The van der Waals surface area contributed by atoms with E-state index >= 15 is 0 Å². The van der Waals surface area contributed by atoms with Gasteiger partial charge in [0, 0.05) is 13.0 Å². The molecule has 1 unspecified atom stereocenters. The van der Waals surface area contributed by atoms with E-state index in [0.717, 1.165) is 49.9 Å². The van der Waals surface area contributed by atoms with Gasteiger partial charge < -0.3 is 5.11 Å². The third kappa shape index (κ3) is 5.44. The third-order valence-electron chi connectivity index (χ3n) is 7.60. The fraction of sp³-hybridized carbons (Fsp3) is 0.875. The Balaban J connectivity index is 2.10. The van der Waals surface area contributed by atoms with Crippen LogP contribution in [-0.2, 0) is 4.79 Å². The number of carbonyl (C=O) groups is 1. The lowest BCUT2D eigenvalue weighted by atomic mass is 9.54. The maximum Gasteiger partial charge on any atom is 0.155 e. The maximum atomic E-state index is 11.8. The molecule has 0 amide bonds. The second-order valence-electron chi connectivity index (χ2n) is 9.13. The van der Waals surface area contributed by atoms with Gasteiger partial charge in [0.15, 0.2) is 5.78 Å². The van der Waals surface area contributed by atoms with Gasteiger partial charge in [-0.1, -0.05) is 45.6 Å². The molecule has 4 atom stereocenters. The second kappa shape index (κ2) is 10.6. The molecule has 1 fully saturated rings. The van der Waals surface area contributed by atoms with Crippen LogP contribution >= 0.6 is 0 Å². The molecule has 1 N–H and O–H groups in total. The lowest BCUT2D eigenvalue weighted by Crippen LogP contribution is -2.42. The topological polar surface area (TPSA) is 37.3 Å². The van der Waals surface area contributed by atoms with Crippen LogP contribution in [0.15, 0.2) is 11.6 Å². The molecule has 0 spiro atoms. The molecule has 0 bridgehead atoms. The van der Waals surface area contributed by atoms with E-state index in [0.29, 0.717) is 17.8 Å². The fourth-order valence-electron chi connectivity index (χ4n) is 6.01. The first-order valence-corrected chi connectivity index (χ1v) is 11.4. The van der Waals surface area contributed by atoms with E-state index in [4.69, 9.17) is 0 Å². The summed E-state index contributed by atoms with van der Waals surface area (Å²) >= 11 is 0. The first kappa shape index (κ1) is 21.7. The smallest absolute Gasteiger partial charge is 0.155 e. The van der Waals surface area contributed by atoms with E-state index in [2.05, 4.69) is 20.8 Å². The molecular formula is C24H42O2. The van der Waals surface area contributed by atoms with Crippen molar-refractivity contribution in [2.45, 2.75) is 104 Å². The van der Waals surface area contributed by atoms with Gasteiger partial charge in [-0.25, -0.2) is 0 Å². The van der Waals surface area contributed by atoms with Crippen LogP contribution in [0.5, 0.6) is 0 Å². The van der Waals surface area contributed by atoms with Gasteiger partial charge in [0.1, 0.15) is 0 Å². The van der Waals surface area contributed by atoms with Crippen molar-refractivity contribution < 1.29 is 9.90 Å². The molecule has 2 aliphatic carbocycles. The van der Waals surface area contributed by atoms with Crippen molar-refractivity contribution in [2.75, 3.05) is 6.61 Å². The number of allylic oxidation sites excluding steroid dienone is 2. The summed E-state index contributed by atoms with van der Waals surface area (Å²) in [5.74, 6) is 2.78. The minimum absolute atomic E-state index is 0.334. The molecule has 0 heterocycles. The van der Waals surface area contributed by atoms with Crippen molar-refractivity contribution in [3.8, 4) is 0 Å². The molecule has 2 rings (SSSR count). The standard InChI is InChI=1S/C24H42O2/c1-4-9-23-22(13-12-20-10-8-11-21(26)18-20)19(3)14-16-24(23,5-2)15-6-7-17-25/h18-19,22-23,25H,4-17H2,1-3H3/t19-,22+,23-,24?/m0/s1. The highest BCUT2D eigenvalue weighted by molar-refractivity contribution is 5.91. The van der Waals surface area contributed by atoms with Crippen molar-refractivity contribution in [1.82, 2.24) is 0 Å². The molecule has 0 aromatic heterocycles. The summed E-state index contributed by atoms with van der Waals surface area (Å²) in [6, 6.07) is 0. The van der Waals surface area contributed by atoms with Crippen LogP contribution in [0.2, 0.25) is 0 Å². The highest BCUT2D eigenvalue weighted by atomic mass is 16.2. The molecule has 150 valence electrons. The zero-order valence-electron chi connectivity index (χ0n) is 17.6. The predicted octanol–water partition coefficient (Wildman–Crippen LogP) is 6.47. The molecule has 2 nitrogen and oxygen atoms in total. The van der Waals surface area contributed by atoms with E-state index in [1.165, 1.54) is 56.9 Å². The van der Waals surface area contributed by atoms with E-state index in [9.17, 15) is 9.90 Å². The Morgan fingerprint density at radius 2 is 2.00 bits per heavy atom. The van der Waals surface area contributed by atoms with Crippen LogP contribution in [0, 0.1) is 23.2 Å². The number of unbranched alkanes of at least 4 members (excludes halogenated alkanes) is 1. The molecule has 0 aromatic rings. The monoisotopic (exact) mass is 362 g/mol. The lowest BCUT2D eigenvalue weighted by Gasteiger charge is -2.51. The highest BCUT2D eigenvalue weighted by Crippen LogP contribution is 2.55. The number of aliphatic hydroxyl groups excluding tert-OH is 1. The summed E-state index contributed by atoms with van der Waals surface area (Å²) in [6.07, 6.45) is 17.4. The Morgan fingerprint density at radius 1 is 1.19 bits per heavy atom. The number of aliphatic hydroxyl groups is 1. The SMILES string of the molecule is CCC[C@H]1[C@H](CCC2=CC(=O)CCC2)[C@@H](C)CCC1(CC)CCCCO. The molecule has 0 aromatic carbocycles. The van der Waals surface area contributed by atoms with Gasteiger partial charge in [-0.3, -0.25) is 4.79 Å². The van der Waals surface area contributed by atoms with Crippen LogP contribution in [0.1, 0.15) is 104 Å². The lowest BCUT2D eigenvalue weighted by molar-refractivity contribution is -0.115. The molecule has 0 aliphatic heterocycles. The summed E-state index contributed by atoms with van der Waals surface area (Å²) < 4.78 is 0. The largest absolute Gasteiger partial charge is 0.396 e. The number of carbonyl (C=O) groups excluding carboxylic acids is 1. The summed E-state index contributed by atoms with van der Waals surface area (Å²) in [5.41, 5.74) is 1.90. The van der Waals surface area contributed by atoms with E-state index in [-0.39, 0.29) is 0 Å². The Bertz CT molecular complexity index is 467. The van der Waals surface area contributed by atoms with Gasteiger partial charge in [-0.05, 0) is 87.0 Å². The minimum atomic E-state index is 0.334. The maximum absolute atomic E-state index is 11.8. The molecule has 1 saturated carbocycles. The average Bonchev–Trinajstić information content (AvgIpc) is 2.64. The Morgan fingerprint density at radius 3 is 2.65 bits per heavy atom. The van der Waals surface area contributed by atoms with Crippen LogP contribution in [0.3, 0.4) is 0 Å². The fourth-order valence-corrected chi connectivity index (χ4v) is 6.01. The summed E-state index contributed by atoms with van der Waals surface area (Å²) in [7, 11) is 0. The molecule has 0 saturated heterocycles. The van der Waals surface area contributed by atoms with Gasteiger partial charge in [-0.2, -0.15) is 0 Å². The Kier molecular flexibility index (Phi) is 8.87. The van der Waals surface area contributed by atoms with Crippen molar-refractivity contribution in [3.05, 3.63) is 11.6 Å². The van der Waals surface area contributed by atoms with Crippen molar-refractivity contribution in [3.63, 3.8) is 0 Å². The minimum Gasteiger partial charge on any atom is -0.396 e. The van der Waals surface area contributed by atoms with Crippen molar-refractivity contribution >= 4 is 5.78 Å². The number of hydrogen-bond acceptors (Lipinski definition) is 2. The van der Waals surface area contributed by atoms with Crippen LogP contribution < -0.4 is 0 Å². The summed E-state index contributed by atoms with van der Waals surface area (Å²) in [5, 5.41) is 9.23. The van der Waals surface area contributed by atoms with Crippen molar-refractivity contribution in [2.24, 2.45) is 23.2 Å². The van der Waals surface area contributed by atoms with Gasteiger partial charge in [0.05, 0.1) is 0 Å². The Hall–Kier alpha value is -0.630. The highest BCUT2D eigenvalue weighted by Gasteiger charge is 2.45. The quantitative estimate of drug-likeness (QED) is 0.452. The van der Waals surface area contributed by atoms with Crippen LogP contribution in [-0.4, -0.2) is 17.5 Å². The van der Waals surface area contributed by atoms with Crippen LogP contribution in [0.25, 0.3) is 0 Å². The number of ketones is 1. The normalized spacial score (nSPS) is 32.5. The predicted molar refractivity (Wildman–Crippen MR) is 110 cm³/mol. The summed E-state index contributed by atoms with van der Waals surface area (Å²) in [6.45, 7) is 7.55. The number of hydrogen-bond donors (Lipinski definition) is 1. The molecule has 2 heteroatoms. The van der Waals surface area contributed by atoms with Gasteiger partial charge in [0.2, 0.25) is 0 Å². The van der Waals surface area contributed by atoms with E-state index in [1.807, 2.05) is 6.08 Å². The zero-order valence-corrected chi connectivity index (χ0v) is 17.6. The second-order valence-corrected chi connectivity index (χ2v) is 9.13. The average molecular weight is 363 g/mol. The summed E-state index contributed by atoms with van der Waals surface area (Å²) in [4.78, 5) is 11.8. The third-order valence-corrected chi connectivity index (χ3v) is 7.60. The van der Waals surface area contributed by atoms with Gasteiger partial charge >= 0.3 is 0 Å². The molecule has 26 heavy (non-hydrogen) atoms. The van der Waals surface area contributed by atoms with Crippen LogP contribution in [0.4, 0.5) is 0 Å².